The number of nitriles is 1. The Morgan fingerprint density at radius 3 is 2.84 bits per heavy atom. The van der Waals surface area contributed by atoms with Gasteiger partial charge < -0.3 is 10.1 Å². The van der Waals surface area contributed by atoms with Crippen LogP contribution in [0.5, 0.6) is 5.75 Å². The average Bonchev–Trinajstić information content (AvgIpc) is 2.38. The number of carbonyl (C=O) groups is 1. The Labute approximate surface area is 109 Å². The maximum atomic E-state index is 11.9. The molecule has 1 N–H and O–H groups in total. The zero-order chi connectivity index (χ0) is 14.4. The summed E-state index contributed by atoms with van der Waals surface area (Å²) < 4.78 is 5.18. The van der Waals surface area contributed by atoms with Crippen LogP contribution in [-0.4, -0.2) is 23.5 Å². The van der Waals surface area contributed by atoms with Crippen molar-refractivity contribution in [1.82, 2.24) is 5.32 Å². The first kappa shape index (κ1) is 14.4. The lowest BCUT2D eigenvalue weighted by Gasteiger charge is -2.11. The van der Waals surface area contributed by atoms with Crippen LogP contribution in [0.25, 0.3) is 0 Å². The molecule has 7 nitrogen and oxygen atoms in total. The molecule has 1 amide bonds. The van der Waals surface area contributed by atoms with E-state index in [4.69, 9.17) is 10.00 Å². The highest BCUT2D eigenvalue weighted by Crippen LogP contribution is 2.30. The summed E-state index contributed by atoms with van der Waals surface area (Å²) in [5.41, 5.74) is -0.239. The minimum atomic E-state index is -0.693. The highest BCUT2D eigenvalue weighted by Gasteiger charge is 2.23. The summed E-state index contributed by atoms with van der Waals surface area (Å²) >= 11 is 0. The smallest absolute Gasteiger partial charge is 0.311 e. The number of nitrogens with one attached hydrogen (secondary N) is 1. The lowest BCUT2D eigenvalue weighted by Crippen LogP contribution is -2.31. The number of nitro groups is 1. The first-order chi connectivity index (χ1) is 9.01. The molecule has 0 heterocycles. The van der Waals surface area contributed by atoms with Crippen molar-refractivity contribution < 1.29 is 14.5 Å². The van der Waals surface area contributed by atoms with Crippen molar-refractivity contribution in [1.29, 1.82) is 5.26 Å². The van der Waals surface area contributed by atoms with Crippen LogP contribution in [0.15, 0.2) is 18.2 Å². The number of ether oxygens (including phenoxy) is 1. The van der Waals surface area contributed by atoms with E-state index in [0.29, 0.717) is 0 Å². The van der Waals surface area contributed by atoms with Crippen molar-refractivity contribution in [3.8, 4) is 11.8 Å². The largest absolute Gasteiger partial charge is 0.487 e. The fraction of sp³-hybridized carbons (Fsp3) is 0.333. The highest BCUT2D eigenvalue weighted by atomic mass is 16.6. The lowest BCUT2D eigenvalue weighted by atomic mass is 10.1. The number of benzene rings is 1. The molecule has 1 atom stereocenters. The van der Waals surface area contributed by atoms with Crippen molar-refractivity contribution >= 4 is 11.6 Å². The molecule has 0 bridgehead atoms. The van der Waals surface area contributed by atoms with Crippen LogP contribution in [-0.2, 0) is 0 Å². The minimum Gasteiger partial charge on any atom is -0.487 e. The predicted octanol–water partition coefficient (Wildman–Crippen LogP) is 1.64. The number of carbonyl (C=O) groups excluding carboxylic acids is 1. The van der Waals surface area contributed by atoms with Gasteiger partial charge in [-0.05, 0) is 19.9 Å². The number of rotatable bonds is 5. The maximum absolute atomic E-state index is 11.9. The normalized spacial score (nSPS) is 11.2. The fourth-order valence-corrected chi connectivity index (χ4v) is 1.45. The zero-order valence-corrected chi connectivity index (χ0v) is 10.5. The Morgan fingerprint density at radius 1 is 1.63 bits per heavy atom. The van der Waals surface area contributed by atoms with Crippen LogP contribution in [0, 0.1) is 21.4 Å². The van der Waals surface area contributed by atoms with E-state index in [1.54, 1.807) is 6.92 Å². The molecule has 0 aliphatic heterocycles. The van der Waals surface area contributed by atoms with Gasteiger partial charge in [0.25, 0.3) is 5.91 Å². The second-order valence-electron chi connectivity index (χ2n) is 3.67. The standard InChI is InChI=1S/C12H13N3O4/c1-3-19-11-9(12(16)14-8(2)7-13)5-4-6-10(11)15(17)18/h4-6,8H,3H2,1-2H3,(H,14,16). The molecule has 1 rings (SSSR count). The van der Waals surface area contributed by atoms with Crippen molar-refractivity contribution in [2.75, 3.05) is 6.61 Å². The van der Waals surface area contributed by atoms with Gasteiger partial charge in [-0.15, -0.1) is 0 Å². The monoisotopic (exact) mass is 263 g/mol. The summed E-state index contributed by atoms with van der Waals surface area (Å²) in [5.74, 6) is -0.668. The molecule has 19 heavy (non-hydrogen) atoms. The molecule has 0 fully saturated rings. The first-order valence-electron chi connectivity index (χ1n) is 5.62. The summed E-state index contributed by atoms with van der Waals surface area (Å²) in [6.07, 6.45) is 0. The summed E-state index contributed by atoms with van der Waals surface area (Å²) in [4.78, 5) is 22.2. The van der Waals surface area contributed by atoms with E-state index < -0.39 is 16.9 Å². The molecule has 0 saturated heterocycles. The molecule has 0 aliphatic rings. The molecule has 0 aliphatic carbocycles. The van der Waals surface area contributed by atoms with E-state index in [0.717, 1.165) is 0 Å². The Hall–Kier alpha value is -2.62. The zero-order valence-electron chi connectivity index (χ0n) is 10.5. The van der Waals surface area contributed by atoms with E-state index in [-0.39, 0.29) is 23.6 Å². The molecular formula is C12H13N3O4. The van der Waals surface area contributed by atoms with Gasteiger partial charge in [0.15, 0.2) is 0 Å². The molecule has 1 aromatic carbocycles. The van der Waals surface area contributed by atoms with Crippen LogP contribution < -0.4 is 10.1 Å². The van der Waals surface area contributed by atoms with E-state index >= 15 is 0 Å². The number of nitrogens with zero attached hydrogens (tertiary/aromatic N) is 2. The third-order valence-corrected chi connectivity index (χ3v) is 2.27. The van der Waals surface area contributed by atoms with E-state index in [2.05, 4.69) is 5.32 Å². The van der Waals surface area contributed by atoms with Gasteiger partial charge in [0.1, 0.15) is 6.04 Å². The summed E-state index contributed by atoms with van der Waals surface area (Å²) in [6, 6.07) is 5.22. The topological polar surface area (TPSA) is 105 Å². The Balaban J connectivity index is 3.19. The molecule has 7 heteroatoms. The third kappa shape index (κ3) is 3.42. The molecular weight excluding hydrogens is 250 g/mol. The van der Waals surface area contributed by atoms with Crippen LogP contribution in [0.2, 0.25) is 0 Å². The van der Waals surface area contributed by atoms with Crippen LogP contribution in [0.1, 0.15) is 24.2 Å². The molecule has 0 spiro atoms. The number of hydrogen-bond acceptors (Lipinski definition) is 5. The van der Waals surface area contributed by atoms with Crippen molar-refractivity contribution in [2.24, 2.45) is 0 Å². The van der Waals surface area contributed by atoms with E-state index in [9.17, 15) is 14.9 Å². The van der Waals surface area contributed by atoms with E-state index in [1.807, 2.05) is 6.07 Å². The maximum Gasteiger partial charge on any atom is 0.311 e. The van der Waals surface area contributed by atoms with Crippen molar-refractivity contribution in [3.63, 3.8) is 0 Å². The average molecular weight is 263 g/mol. The molecule has 0 saturated carbocycles. The van der Waals surface area contributed by atoms with Crippen LogP contribution >= 0.6 is 0 Å². The number of hydrogen-bond donors (Lipinski definition) is 1. The van der Waals surface area contributed by atoms with Gasteiger partial charge in [-0.3, -0.25) is 14.9 Å². The molecule has 0 radical (unpaired) electrons. The van der Waals surface area contributed by atoms with Gasteiger partial charge in [0.2, 0.25) is 5.75 Å². The predicted molar refractivity (Wildman–Crippen MR) is 66.8 cm³/mol. The van der Waals surface area contributed by atoms with Gasteiger partial charge in [-0.1, -0.05) is 6.07 Å². The van der Waals surface area contributed by atoms with E-state index in [1.165, 1.54) is 25.1 Å². The van der Waals surface area contributed by atoms with Gasteiger partial charge in [-0.2, -0.15) is 5.26 Å². The minimum absolute atomic E-state index is 0.0400. The second kappa shape index (κ2) is 6.35. The van der Waals surface area contributed by atoms with Crippen molar-refractivity contribution in [3.05, 3.63) is 33.9 Å². The lowest BCUT2D eigenvalue weighted by molar-refractivity contribution is -0.385. The molecule has 1 aromatic rings. The Morgan fingerprint density at radius 2 is 2.32 bits per heavy atom. The van der Waals surface area contributed by atoms with Gasteiger partial charge in [-0.25, -0.2) is 0 Å². The number of amides is 1. The SMILES string of the molecule is CCOc1c(C(=O)NC(C)C#N)cccc1[N+](=O)[O-]. The first-order valence-corrected chi connectivity index (χ1v) is 5.62. The number of nitro benzene ring substituents is 1. The Bertz CT molecular complexity index is 536. The van der Waals surface area contributed by atoms with Crippen LogP contribution in [0.4, 0.5) is 5.69 Å². The summed E-state index contributed by atoms with van der Waals surface area (Å²) in [5, 5.41) is 21.9. The third-order valence-electron chi connectivity index (χ3n) is 2.27. The molecule has 0 aromatic heterocycles. The highest BCUT2D eigenvalue weighted by molar-refractivity contribution is 5.98. The summed E-state index contributed by atoms with van der Waals surface area (Å²) in [7, 11) is 0. The molecule has 1 unspecified atom stereocenters. The second-order valence-corrected chi connectivity index (χ2v) is 3.67. The van der Waals surface area contributed by atoms with Gasteiger partial charge >= 0.3 is 5.69 Å². The molecule has 100 valence electrons. The Kier molecular flexibility index (Phi) is 4.83. The number of para-hydroxylation sites is 1. The summed E-state index contributed by atoms with van der Waals surface area (Å²) in [6.45, 7) is 3.37. The van der Waals surface area contributed by atoms with Crippen LogP contribution in [0.3, 0.4) is 0 Å². The van der Waals surface area contributed by atoms with Crippen molar-refractivity contribution in [2.45, 2.75) is 19.9 Å². The van der Waals surface area contributed by atoms with Gasteiger partial charge in [0.05, 0.1) is 23.2 Å². The van der Waals surface area contributed by atoms with Gasteiger partial charge in [0, 0.05) is 6.07 Å². The quantitative estimate of drug-likeness (QED) is 0.642. The fourth-order valence-electron chi connectivity index (χ4n) is 1.45.